The zero-order valence-electron chi connectivity index (χ0n) is 32.2. The number of methoxy groups -OCH3 is 1. The molecule has 2 aromatic carbocycles. The van der Waals surface area contributed by atoms with Gasteiger partial charge < -0.3 is 42.0 Å². The zero-order valence-corrected chi connectivity index (χ0v) is 33.8. The smallest absolute Gasteiger partial charge is 0.245 e. The number of rotatable bonds is 11. The number of benzene rings is 2. The molecule has 0 fully saturated rings. The van der Waals surface area contributed by atoms with Crippen LogP contribution >= 0.6 is 23.4 Å². The predicted molar refractivity (Wildman–Crippen MR) is 224 cm³/mol. The highest BCUT2D eigenvalue weighted by molar-refractivity contribution is 7.99. The first-order valence-corrected chi connectivity index (χ1v) is 20.4. The Morgan fingerprint density at radius 3 is 2.56 bits per heavy atom. The molecule has 0 radical (unpaired) electrons. The number of H-pyrrole nitrogens is 1. The summed E-state index contributed by atoms with van der Waals surface area (Å²) >= 11 is 8.49. The molecule has 5 aromatic rings. The number of amides is 3. The van der Waals surface area contributed by atoms with Gasteiger partial charge in [0.1, 0.15) is 12.1 Å². The normalized spacial score (nSPS) is 18.4. The minimum atomic E-state index is -0.945. The topological polar surface area (TPSA) is 193 Å². The summed E-state index contributed by atoms with van der Waals surface area (Å²) < 4.78 is 5.47. The van der Waals surface area contributed by atoms with Gasteiger partial charge in [-0.3, -0.25) is 19.4 Å². The number of likely N-dealkylation sites (N-methyl/N-ethyl adjacent to an activating group) is 1. The molecular weight excluding hydrogens is 762 g/mol. The van der Waals surface area contributed by atoms with Gasteiger partial charge >= 0.3 is 0 Å². The Balaban J connectivity index is 1.47. The van der Waals surface area contributed by atoms with Crippen LogP contribution in [0.4, 0.5) is 0 Å². The second kappa shape index (κ2) is 19.9. The Hall–Kier alpha value is -4.99. The number of hydrogen-bond donors (Lipinski definition) is 6. The fourth-order valence-corrected chi connectivity index (χ4v) is 8.55. The van der Waals surface area contributed by atoms with Gasteiger partial charge in [-0.25, -0.2) is 4.98 Å². The van der Waals surface area contributed by atoms with Crippen LogP contribution in [0.3, 0.4) is 0 Å². The van der Waals surface area contributed by atoms with E-state index in [1.54, 1.807) is 32.7 Å². The third kappa shape index (κ3) is 10.1. The molecule has 300 valence electrons. The Morgan fingerprint density at radius 2 is 1.75 bits per heavy atom. The summed E-state index contributed by atoms with van der Waals surface area (Å²) in [7, 11) is 3.19. The van der Waals surface area contributed by atoms with E-state index in [9.17, 15) is 14.4 Å². The summed E-state index contributed by atoms with van der Waals surface area (Å²) in [5.41, 5.74) is 16.8. The molecule has 8 N–H and O–H groups in total. The van der Waals surface area contributed by atoms with Crippen molar-refractivity contribution < 1.29 is 19.1 Å². The number of halogens is 1. The first-order valence-electron chi connectivity index (χ1n) is 19.2. The van der Waals surface area contributed by atoms with Crippen molar-refractivity contribution in [2.45, 2.75) is 79.5 Å². The Labute approximate surface area is 342 Å². The van der Waals surface area contributed by atoms with E-state index in [1.165, 1.54) is 16.7 Å². The molecule has 3 aromatic heterocycles. The van der Waals surface area contributed by atoms with Crippen molar-refractivity contribution in [3.05, 3.63) is 101 Å². The van der Waals surface area contributed by atoms with Crippen LogP contribution in [-0.2, 0) is 33.9 Å². The number of nitrogens with two attached hydrogens (primary N) is 2. The minimum absolute atomic E-state index is 0.0636. The highest BCUT2D eigenvalue weighted by Crippen LogP contribution is 2.42. The summed E-state index contributed by atoms with van der Waals surface area (Å²) in [5, 5.41) is 11.1. The molecule has 15 heteroatoms. The van der Waals surface area contributed by atoms with Crippen LogP contribution in [-0.4, -0.2) is 82.9 Å². The molecule has 3 amide bonds. The Morgan fingerprint density at radius 1 is 0.947 bits per heavy atom. The van der Waals surface area contributed by atoms with Gasteiger partial charge in [0.2, 0.25) is 23.6 Å². The van der Waals surface area contributed by atoms with E-state index in [2.05, 4.69) is 30.9 Å². The summed E-state index contributed by atoms with van der Waals surface area (Å²) in [6.45, 7) is 1.24. The first kappa shape index (κ1) is 41.6. The second-order valence-electron chi connectivity index (χ2n) is 14.0. The molecule has 0 spiro atoms. The lowest BCUT2D eigenvalue weighted by atomic mass is 10.0. The van der Waals surface area contributed by atoms with Crippen molar-refractivity contribution in [2.24, 2.45) is 11.5 Å². The fourth-order valence-electron chi connectivity index (χ4n) is 7.07. The lowest BCUT2D eigenvalue weighted by Gasteiger charge is -2.32. The molecule has 0 saturated heterocycles. The van der Waals surface area contributed by atoms with Gasteiger partial charge in [-0.15, -0.1) is 0 Å². The number of aromatic nitrogens is 3. The maximum absolute atomic E-state index is 14.6. The molecule has 0 unspecified atom stereocenters. The number of nitrogens with zero attached hydrogens (tertiary/aromatic N) is 3. The second-order valence-corrected chi connectivity index (χ2v) is 15.5. The third-order valence-electron chi connectivity index (χ3n) is 10.3. The van der Waals surface area contributed by atoms with Crippen LogP contribution in [0.1, 0.15) is 48.8 Å². The number of unbranched alkanes of at least 4 members (excludes halogenated alkanes) is 1. The van der Waals surface area contributed by atoms with Crippen LogP contribution in [0.25, 0.3) is 22.0 Å². The van der Waals surface area contributed by atoms with Crippen LogP contribution in [0.5, 0.6) is 5.88 Å². The van der Waals surface area contributed by atoms with Crippen LogP contribution in [0.2, 0.25) is 5.02 Å². The van der Waals surface area contributed by atoms with Crippen molar-refractivity contribution in [1.29, 1.82) is 0 Å². The standard InChI is InChI=1S/C42H50ClN9O4S/c1-52-36(20-28-23-48-33-9-4-3-8-29(28)33)41(54)50-24-31-32(43)13-12-30(26-15-19-47-38(21-26)56-2)39(31)57-37-25-46-18-14-27(37)22-49-34(11-7-17-45)40(53)51-35(42(52)55)10-5-6-16-44/h3-4,8-9,12-15,18-19,21,23,25,34-36,48-49H,5-7,10-11,16-17,20,22,24,44-45H2,1-2H3,(H,50,54)(H,51,53)/t34-,35-,36-/m0/s1. The number of aromatic amines is 1. The van der Waals surface area contributed by atoms with Gasteiger partial charge in [-0.05, 0) is 91.7 Å². The van der Waals surface area contributed by atoms with Gasteiger partial charge in [0, 0.05) is 88.7 Å². The monoisotopic (exact) mass is 811 g/mol. The number of nitrogens with one attached hydrogen (secondary N) is 4. The molecule has 3 atom stereocenters. The number of carbonyl (C=O) groups is 3. The fraction of sp³-hybridized carbons (Fsp3) is 0.357. The molecule has 0 saturated carbocycles. The van der Waals surface area contributed by atoms with Crippen LogP contribution in [0.15, 0.2) is 89.2 Å². The number of pyridine rings is 2. The Kier molecular flexibility index (Phi) is 14.6. The number of fused-ring (bicyclic) bond motifs is 3. The number of para-hydroxylation sites is 1. The van der Waals surface area contributed by atoms with E-state index in [1.807, 2.05) is 60.8 Å². The molecule has 6 rings (SSSR count). The molecule has 57 heavy (non-hydrogen) atoms. The number of hydrogen-bond acceptors (Lipinski definition) is 10. The molecule has 4 heterocycles. The minimum Gasteiger partial charge on any atom is -0.481 e. The zero-order chi connectivity index (χ0) is 40.3. The molecular formula is C42H50ClN9O4S. The van der Waals surface area contributed by atoms with Crippen molar-refractivity contribution >= 4 is 52.0 Å². The van der Waals surface area contributed by atoms with Gasteiger partial charge in [0.15, 0.2) is 0 Å². The molecule has 1 aliphatic rings. The maximum atomic E-state index is 14.6. The molecule has 13 nitrogen and oxygen atoms in total. The van der Waals surface area contributed by atoms with Crippen molar-refractivity contribution in [3.63, 3.8) is 0 Å². The number of carbonyl (C=O) groups excluding carboxylic acids is 3. The van der Waals surface area contributed by atoms with E-state index in [0.717, 1.165) is 42.9 Å². The lowest BCUT2D eigenvalue weighted by molar-refractivity contribution is -0.142. The quantitative estimate of drug-likeness (QED) is 0.0995. The van der Waals surface area contributed by atoms with Crippen molar-refractivity contribution in [3.8, 4) is 17.0 Å². The van der Waals surface area contributed by atoms with Gasteiger partial charge in [0.05, 0.1) is 13.2 Å². The summed E-state index contributed by atoms with van der Waals surface area (Å²) in [6.07, 6.45) is 9.94. The van der Waals surface area contributed by atoms with E-state index in [-0.39, 0.29) is 30.7 Å². The van der Waals surface area contributed by atoms with Crippen molar-refractivity contribution in [1.82, 2.24) is 35.8 Å². The van der Waals surface area contributed by atoms with Crippen LogP contribution < -0.4 is 32.2 Å². The van der Waals surface area contributed by atoms with E-state index in [4.69, 9.17) is 27.8 Å². The van der Waals surface area contributed by atoms with E-state index in [0.29, 0.717) is 68.2 Å². The first-order chi connectivity index (χ1) is 27.7. The molecule has 0 bridgehead atoms. The van der Waals surface area contributed by atoms with Gasteiger partial charge in [-0.2, -0.15) is 0 Å². The lowest BCUT2D eigenvalue weighted by Crippen LogP contribution is -2.57. The predicted octanol–water partition coefficient (Wildman–Crippen LogP) is 4.95. The highest BCUT2D eigenvalue weighted by atomic mass is 35.5. The van der Waals surface area contributed by atoms with Gasteiger partial charge in [0.25, 0.3) is 0 Å². The number of ether oxygens (including phenoxy) is 1. The molecule has 0 aliphatic carbocycles. The average molecular weight is 812 g/mol. The third-order valence-corrected chi connectivity index (χ3v) is 11.9. The average Bonchev–Trinajstić information content (AvgIpc) is 3.64. The van der Waals surface area contributed by atoms with Gasteiger partial charge in [-0.1, -0.05) is 47.6 Å². The Bertz CT molecular complexity index is 2180. The molecule has 1 aliphatic heterocycles. The summed E-state index contributed by atoms with van der Waals surface area (Å²) in [6, 6.07) is 14.7. The van der Waals surface area contributed by atoms with E-state index >= 15 is 0 Å². The van der Waals surface area contributed by atoms with Crippen LogP contribution in [0, 0.1) is 0 Å². The van der Waals surface area contributed by atoms with E-state index < -0.39 is 18.1 Å². The SMILES string of the molecule is COc1cc(-c2ccc(Cl)c3c2Sc2cnccc2CN[C@@H](CCCN)C(=O)N[C@@H](CCCCN)C(=O)N(C)[C@@H](Cc2c[nH]c4ccccc24)C(=O)NC3)ccn1. The summed E-state index contributed by atoms with van der Waals surface area (Å²) in [5.74, 6) is -0.623. The maximum Gasteiger partial charge on any atom is 0.245 e. The largest absolute Gasteiger partial charge is 0.481 e. The van der Waals surface area contributed by atoms with Crippen molar-refractivity contribution in [2.75, 3.05) is 27.2 Å². The highest BCUT2D eigenvalue weighted by Gasteiger charge is 2.34. The summed E-state index contributed by atoms with van der Waals surface area (Å²) in [4.78, 5) is 58.5.